The molecule has 2 aromatic rings. The van der Waals surface area contributed by atoms with E-state index in [0.717, 1.165) is 25.0 Å². The van der Waals surface area contributed by atoms with E-state index in [1.165, 1.54) is 12.0 Å². The number of carbonyl (C=O) groups is 1. The minimum absolute atomic E-state index is 0.0404. The maximum atomic E-state index is 12.6. The van der Waals surface area contributed by atoms with Crippen molar-refractivity contribution in [1.82, 2.24) is 25.1 Å². The van der Waals surface area contributed by atoms with E-state index in [2.05, 4.69) is 15.1 Å². The topological polar surface area (TPSA) is 108 Å². The van der Waals surface area contributed by atoms with Crippen molar-refractivity contribution >= 4 is 17.5 Å². The molecule has 1 amide bonds. The van der Waals surface area contributed by atoms with Gasteiger partial charge >= 0.3 is 12.4 Å². The summed E-state index contributed by atoms with van der Waals surface area (Å²) in [6.45, 7) is 2.28. The monoisotopic (exact) mass is 551 g/mol. The van der Waals surface area contributed by atoms with Crippen molar-refractivity contribution in [3.05, 3.63) is 40.1 Å². The highest BCUT2D eigenvalue weighted by Crippen LogP contribution is 2.34. The van der Waals surface area contributed by atoms with Crippen molar-refractivity contribution in [2.24, 2.45) is 0 Å². The second-order valence-corrected chi connectivity index (χ2v) is 8.72. The highest BCUT2D eigenvalue weighted by atomic mass is 19.4. The van der Waals surface area contributed by atoms with Gasteiger partial charge in [0, 0.05) is 58.8 Å². The molecule has 0 bridgehead atoms. The Morgan fingerprint density at radius 2 is 1.63 bits per heavy atom. The summed E-state index contributed by atoms with van der Waals surface area (Å²) in [6.07, 6.45) is -4.19. The number of carbonyl (C=O) groups excluding carboxylic acids is 1. The van der Waals surface area contributed by atoms with Crippen LogP contribution in [0.25, 0.3) is 0 Å². The number of hydrogen-bond acceptors (Lipinski definition) is 8. The van der Waals surface area contributed by atoms with E-state index in [1.54, 1.807) is 17.0 Å². The zero-order chi connectivity index (χ0) is 28.1. The fraction of sp³-hybridized carbons (Fsp3) is 0.591. The number of amides is 1. The van der Waals surface area contributed by atoms with Crippen molar-refractivity contribution in [1.29, 1.82) is 0 Å². The van der Waals surface area contributed by atoms with E-state index in [9.17, 15) is 35.9 Å². The van der Waals surface area contributed by atoms with Crippen LogP contribution in [0.4, 0.5) is 38.0 Å². The fourth-order valence-corrected chi connectivity index (χ4v) is 3.97. The van der Waals surface area contributed by atoms with Crippen molar-refractivity contribution in [2.45, 2.75) is 37.7 Å². The van der Waals surface area contributed by atoms with Crippen LogP contribution >= 0.6 is 0 Å². The number of halogens is 6. The summed E-state index contributed by atoms with van der Waals surface area (Å²) >= 11 is 0. The second kappa shape index (κ2) is 12.0. The smallest absolute Gasteiger partial charge is 0.375 e. The van der Waals surface area contributed by atoms with Gasteiger partial charge in [0.2, 0.25) is 11.9 Å². The average Bonchev–Trinajstić information content (AvgIpc) is 2.82. The van der Waals surface area contributed by atoms with Crippen LogP contribution in [0.1, 0.15) is 30.4 Å². The van der Waals surface area contributed by atoms with Gasteiger partial charge in [0.25, 0.3) is 5.56 Å². The average molecular weight is 551 g/mol. The first-order valence-corrected chi connectivity index (χ1v) is 11.6. The molecule has 4 rings (SSSR count). The van der Waals surface area contributed by atoms with Crippen molar-refractivity contribution in [3.63, 3.8) is 0 Å². The van der Waals surface area contributed by atoms with Gasteiger partial charge in [-0.2, -0.15) is 31.4 Å². The highest BCUT2D eigenvalue weighted by molar-refractivity contribution is 5.77. The Bertz CT molecular complexity index is 1130. The van der Waals surface area contributed by atoms with Crippen LogP contribution in [0.2, 0.25) is 0 Å². The molecule has 0 spiro atoms. The Balaban J connectivity index is 0.000000230. The number of methoxy groups -OCH3 is 1. The van der Waals surface area contributed by atoms with E-state index in [1.807, 2.05) is 4.90 Å². The second-order valence-electron chi connectivity index (χ2n) is 8.72. The van der Waals surface area contributed by atoms with E-state index < -0.39 is 29.0 Å². The molecule has 210 valence electrons. The Morgan fingerprint density at radius 3 is 2.11 bits per heavy atom. The number of piperidine rings is 1. The maximum absolute atomic E-state index is 12.6. The normalized spacial score (nSPS) is 16.4. The van der Waals surface area contributed by atoms with Gasteiger partial charge in [0.1, 0.15) is 12.2 Å². The maximum Gasteiger partial charge on any atom is 0.423 e. The van der Waals surface area contributed by atoms with Crippen LogP contribution in [0.15, 0.2) is 23.4 Å². The molecule has 2 aliphatic rings. The molecule has 1 N–H and O–H groups in total. The minimum Gasteiger partial charge on any atom is -0.375 e. The van der Waals surface area contributed by atoms with Gasteiger partial charge < -0.3 is 19.4 Å². The summed E-state index contributed by atoms with van der Waals surface area (Å²) in [5.41, 5.74) is -3.33. The van der Waals surface area contributed by atoms with Crippen molar-refractivity contribution in [3.8, 4) is 0 Å². The lowest BCUT2D eigenvalue weighted by Crippen LogP contribution is -2.47. The van der Waals surface area contributed by atoms with Crippen LogP contribution in [-0.4, -0.2) is 84.0 Å². The van der Waals surface area contributed by atoms with Crippen LogP contribution in [0.5, 0.6) is 0 Å². The molecule has 16 heteroatoms. The van der Waals surface area contributed by atoms with Crippen LogP contribution < -0.4 is 15.4 Å². The summed E-state index contributed by atoms with van der Waals surface area (Å²) in [5.74, 6) is 0.194. The quantitative estimate of drug-likeness (QED) is 0.566. The van der Waals surface area contributed by atoms with Gasteiger partial charge in [-0.25, -0.2) is 15.1 Å². The molecule has 0 radical (unpaired) electrons. The number of aromatic amines is 1. The molecule has 0 aliphatic carbocycles. The molecule has 2 aliphatic heterocycles. The van der Waals surface area contributed by atoms with E-state index in [-0.39, 0.29) is 30.2 Å². The van der Waals surface area contributed by atoms with Gasteiger partial charge in [-0.3, -0.25) is 9.59 Å². The number of nitrogens with one attached hydrogen (secondary N) is 1. The first-order valence-electron chi connectivity index (χ1n) is 11.6. The molecule has 0 atom stereocenters. The molecule has 0 unspecified atom stereocenters. The number of ether oxygens (including phenoxy) is 1. The van der Waals surface area contributed by atoms with Crippen LogP contribution in [0.3, 0.4) is 0 Å². The third-order valence-corrected chi connectivity index (χ3v) is 6.24. The SMILES string of the molecule is COCC(=O)N(C)C1CCN(c2ncc(C(F)(F)F)cn2)CC1.O=c1[nH]ncc(N2CCC2)c1C(F)(F)F. The van der Waals surface area contributed by atoms with Crippen LogP contribution in [-0.2, 0) is 21.9 Å². The number of anilines is 2. The molecule has 2 saturated heterocycles. The first-order chi connectivity index (χ1) is 17.8. The number of rotatable bonds is 5. The van der Waals surface area contributed by atoms with Gasteiger partial charge in [-0.05, 0) is 19.3 Å². The first kappa shape index (κ1) is 29.1. The molecular formula is C22H27F6N7O3. The largest absolute Gasteiger partial charge is 0.423 e. The number of alkyl halides is 6. The minimum atomic E-state index is -4.64. The molecule has 10 nitrogen and oxygen atoms in total. The highest BCUT2D eigenvalue weighted by Gasteiger charge is 2.39. The predicted molar refractivity (Wildman–Crippen MR) is 124 cm³/mol. The summed E-state index contributed by atoms with van der Waals surface area (Å²) in [4.78, 5) is 35.4. The summed E-state index contributed by atoms with van der Waals surface area (Å²) < 4.78 is 80.0. The summed E-state index contributed by atoms with van der Waals surface area (Å²) in [7, 11) is 3.20. The molecule has 2 aromatic heterocycles. The fourth-order valence-electron chi connectivity index (χ4n) is 3.97. The molecular weight excluding hydrogens is 524 g/mol. The molecule has 38 heavy (non-hydrogen) atoms. The van der Waals surface area contributed by atoms with E-state index >= 15 is 0 Å². The number of aromatic nitrogens is 4. The molecule has 4 heterocycles. The number of H-pyrrole nitrogens is 1. The standard InChI is InChI=1S/C14H19F3N4O2.C8H8F3N3O/c1-20(12(22)9-23-2)11-3-5-21(6-4-11)13-18-7-10(8-19-13)14(15,16)17;9-8(10,11)6-5(14-2-1-3-14)4-12-13-7(6)15/h7-8,11H,3-6,9H2,1-2H3;4H,1-3H2,(H,13,15). The zero-order valence-corrected chi connectivity index (χ0v) is 20.6. The van der Waals surface area contributed by atoms with Gasteiger partial charge in [0.15, 0.2) is 0 Å². The lowest BCUT2D eigenvalue weighted by Gasteiger charge is -2.36. The molecule has 2 fully saturated rings. The Labute approximate surface area is 213 Å². The van der Waals surface area contributed by atoms with E-state index in [4.69, 9.17) is 4.74 Å². The Kier molecular flexibility index (Phi) is 9.17. The summed E-state index contributed by atoms with van der Waals surface area (Å²) in [6, 6.07) is 0.0864. The number of likely N-dealkylation sites (N-methyl/N-ethyl adjacent to an activating group) is 1. The lowest BCUT2D eigenvalue weighted by molar-refractivity contribution is -0.139. The lowest BCUT2D eigenvalue weighted by atomic mass is 10.0. The van der Waals surface area contributed by atoms with E-state index in [0.29, 0.717) is 39.0 Å². The van der Waals surface area contributed by atoms with Crippen molar-refractivity contribution in [2.75, 3.05) is 56.7 Å². The summed E-state index contributed by atoms with van der Waals surface area (Å²) in [5, 5.41) is 5.18. The Hall–Kier alpha value is -3.43. The van der Waals surface area contributed by atoms with Gasteiger partial charge in [-0.15, -0.1) is 0 Å². The van der Waals surface area contributed by atoms with Crippen molar-refractivity contribution < 1.29 is 35.9 Å². The van der Waals surface area contributed by atoms with Gasteiger partial charge in [0.05, 0.1) is 17.4 Å². The zero-order valence-electron chi connectivity index (χ0n) is 20.6. The predicted octanol–water partition coefficient (Wildman–Crippen LogP) is 2.57. The number of hydrogen-bond donors (Lipinski definition) is 1. The third-order valence-electron chi connectivity index (χ3n) is 6.24. The van der Waals surface area contributed by atoms with Gasteiger partial charge in [-0.1, -0.05) is 0 Å². The Morgan fingerprint density at radius 1 is 1.03 bits per heavy atom. The molecule has 0 saturated carbocycles. The van der Waals surface area contributed by atoms with Crippen LogP contribution in [0, 0.1) is 0 Å². The number of nitrogens with zero attached hydrogens (tertiary/aromatic N) is 6. The third kappa shape index (κ3) is 7.11. The molecule has 0 aromatic carbocycles.